The molecule has 13 heavy (non-hydrogen) atoms. The lowest BCUT2D eigenvalue weighted by atomic mass is 10.1. The SMILES string of the molecule is CCC(CC)N([C]=O)C(CC)CC. The predicted octanol–water partition coefficient (Wildman–Crippen LogP) is 2.73. The van der Waals surface area contributed by atoms with Gasteiger partial charge in [-0.2, -0.15) is 0 Å². The van der Waals surface area contributed by atoms with Gasteiger partial charge in [0.2, 0.25) is 0 Å². The van der Waals surface area contributed by atoms with E-state index in [2.05, 4.69) is 34.1 Å². The second kappa shape index (κ2) is 6.93. The Labute approximate surface area is 82.3 Å². The third kappa shape index (κ3) is 3.37. The van der Waals surface area contributed by atoms with Crippen LogP contribution in [-0.2, 0) is 4.79 Å². The minimum atomic E-state index is 0.377. The highest BCUT2D eigenvalue weighted by molar-refractivity contribution is 5.49. The van der Waals surface area contributed by atoms with Crippen molar-refractivity contribution in [2.45, 2.75) is 65.5 Å². The first-order valence-corrected chi connectivity index (χ1v) is 5.41. The van der Waals surface area contributed by atoms with E-state index < -0.39 is 0 Å². The highest BCUT2D eigenvalue weighted by Crippen LogP contribution is 2.14. The molecule has 0 rings (SSSR count). The first kappa shape index (κ1) is 12.5. The number of amides is 1. The molecule has 0 heterocycles. The van der Waals surface area contributed by atoms with Crippen LogP contribution in [-0.4, -0.2) is 23.4 Å². The molecule has 0 saturated carbocycles. The largest absolute Gasteiger partial charge is 0.329 e. The van der Waals surface area contributed by atoms with Crippen LogP contribution in [0.5, 0.6) is 0 Å². The molecule has 0 bridgehead atoms. The summed E-state index contributed by atoms with van der Waals surface area (Å²) >= 11 is 0. The quantitative estimate of drug-likeness (QED) is 0.557. The lowest BCUT2D eigenvalue weighted by molar-refractivity contribution is 0.203. The molecule has 1 radical (unpaired) electrons. The van der Waals surface area contributed by atoms with Crippen molar-refractivity contribution in [1.82, 2.24) is 4.90 Å². The molecule has 0 aliphatic heterocycles. The Balaban J connectivity index is 4.34. The van der Waals surface area contributed by atoms with Crippen LogP contribution in [0.15, 0.2) is 0 Å². The Morgan fingerprint density at radius 1 is 0.923 bits per heavy atom. The van der Waals surface area contributed by atoms with Crippen molar-refractivity contribution in [3.8, 4) is 0 Å². The van der Waals surface area contributed by atoms with Crippen LogP contribution in [0.3, 0.4) is 0 Å². The number of hydrogen-bond acceptors (Lipinski definition) is 1. The van der Waals surface area contributed by atoms with Crippen LogP contribution in [0.2, 0.25) is 0 Å². The van der Waals surface area contributed by atoms with E-state index in [9.17, 15) is 4.79 Å². The number of nitrogens with zero attached hydrogens (tertiary/aromatic N) is 1. The lowest BCUT2D eigenvalue weighted by Gasteiger charge is -2.32. The maximum atomic E-state index is 10.8. The van der Waals surface area contributed by atoms with Gasteiger partial charge >= 0.3 is 6.41 Å². The van der Waals surface area contributed by atoms with Gasteiger partial charge in [0.25, 0.3) is 0 Å². The third-order valence-electron chi connectivity index (χ3n) is 2.78. The smallest absolute Gasteiger partial charge is 0.312 e. The van der Waals surface area contributed by atoms with Gasteiger partial charge in [0.15, 0.2) is 0 Å². The minimum Gasteiger partial charge on any atom is -0.329 e. The van der Waals surface area contributed by atoms with Crippen molar-refractivity contribution in [3.05, 3.63) is 0 Å². The molecule has 0 aromatic heterocycles. The Hall–Kier alpha value is -0.530. The fourth-order valence-electron chi connectivity index (χ4n) is 1.81. The van der Waals surface area contributed by atoms with Gasteiger partial charge in [-0.05, 0) is 25.7 Å². The van der Waals surface area contributed by atoms with Crippen molar-refractivity contribution in [2.24, 2.45) is 0 Å². The van der Waals surface area contributed by atoms with E-state index in [0.29, 0.717) is 12.1 Å². The van der Waals surface area contributed by atoms with E-state index >= 15 is 0 Å². The molecular formula is C11H22NO. The summed E-state index contributed by atoms with van der Waals surface area (Å²) in [5, 5.41) is 0. The minimum absolute atomic E-state index is 0.377. The highest BCUT2D eigenvalue weighted by atomic mass is 16.1. The monoisotopic (exact) mass is 184 g/mol. The zero-order valence-electron chi connectivity index (χ0n) is 9.34. The van der Waals surface area contributed by atoms with Gasteiger partial charge in [-0.25, -0.2) is 0 Å². The Morgan fingerprint density at radius 3 is 1.38 bits per heavy atom. The Bertz CT molecular complexity index is 116. The molecule has 0 aromatic rings. The summed E-state index contributed by atoms with van der Waals surface area (Å²) in [6.07, 6.45) is 6.21. The molecule has 0 atom stereocenters. The summed E-state index contributed by atoms with van der Waals surface area (Å²) in [6, 6.07) is 0.754. The normalized spacial score (nSPS) is 10.9. The third-order valence-corrected chi connectivity index (χ3v) is 2.78. The molecule has 77 valence electrons. The lowest BCUT2D eigenvalue weighted by Crippen LogP contribution is -2.41. The van der Waals surface area contributed by atoms with Crippen molar-refractivity contribution in [2.75, 3.05) is 0 Å². The summed E-state index contributed by atoms with van der Waals surface area (Å²) < 4.78 is 0. The fraction of sp³-hybridized carbons (Fsp3) is 0.909. The van der Waals surface area contributed by atoms with Gasteiger partial charge < -0.3 is 4.90 Å². The highest BCUT2D eigenvalue weighted by Gasteiger charge is 2.20. The summed E-state index contributed by atoms with van der Waals surface area (Å²) in [4.78, 5) is 12.7. The van der Waals surface area contributed by atoms with E-state index in [1.54, 1.807) is 0 Å². The summed E-state index contributed by atoms with van der Waals surface area (Å²) in [7, 11) is 0. The molecule has 0 aliphatic rings. The van der Waals surface area contributed by atoms with Gasteiger partial charge in [0, 0.05) is 12.1 Å². The average Bonchev–Trinajstić information content (AvgIpc) is 2.18. The van der Waals surface area contributed by atoms with Gasteiger partial charge in [0.05, 0.1) is 0 Å². The topological polar surface area (TPSA) is 20.3 Å². The van der Waals surface area contributed by atoms with Crippen LogP contribution in [0.1, 0.15) is 53.4 Å². The number of carbonyl (C=O) groups excluding carboxylic acids is 1. The van der Waals surface area contributed by atoms with Crippen molar-refractivity contribution >= 4 is 6.41 Å². The summed E-state index contributed by atoms with van der Waals surface area (Å²) in [5.74, 6) is 0. The second-order valence-corrected chi connectivity index (χ2v) is 3.44. The van der Waals surface area contributed by atoms with Crippen molar-refractivity contribution in [3.63, 3.8) is 0 Å². The molecule has 0 N–H and O–H groups in total. The van der Waals surface area contributed by atoms with E-state index in [4.69, 9.17) is 0 Å². The van der Waals surface area contributed by atoms with Crippen LogP contribution in [0.25, 0.3) is 0 Å². The van der Waals surface area contributed by atoms with Crippen LogP contribution < -0.4 is 0 Å². The van der Waals surface area contributed by atoms with E-state index in [1.807, 2.05) is 4.90 Å². The number of hydrogen-bond donors (Lipinski definition) is 0. The Morgan fingerprint density at radius 2 is 1.23 bits per heavy atom. The van der Waals surface area contributed by atoms with E-state index in [1.165, 1.54) is 0 Å². The van der Waals surface area contributed by atoms with Crippen LogP contribution >= 0.6 is 0 Å². The maximum absolute atomic E-state index is 10.8. The molecule has 0 spiro atoms. The fourth-order valence-corrected chi connectivity index (χ4v) is 1.81. The molecule has 0 unspecified atom stereocenters. The molecule has 0 aromatic carbocycles. The first-order valence-electron chi connectivity index (χ1n) is 5.41. The summed E-state index contributed by atoms with van der Waals surface area (Å²) in [5.41, 5.74) is 0. The molecule has 1 amide bonds. The van der Waals surface area contributed by atoms with Crippen LogP contribution in [0.4, 0.5) is 0 Å². The van der Waals surface area contributed by atoms with Crippen molar-refractivity contribution < 1.29 is 4.79 Å². The molecule has 0 saturated heterocycles. The number of rotatable bonds is 7. The standard InChI is InChI=1S/C11H22NO/c1-5-10(6-2)12(9-13)11(7-3)8-4/h10-11H,5-8H2,1-4H3. The molecule has 2 nitrogen and oxygen atoms in total. The maximum Gasteiger partial charge on any atom is 0.312 e. The van der Waals surface area contributed by atoms with Crippen LogP contribution in [0, 0.1) is 0 Å². The van der Waals surface area contributed by atoms with E-state index in [0.717, 1.165) is 25.7 Å². The molecule has 0 aliphatic carbocycles. The summed E-state index contributed by atoms with van der Waals surface area (Å²) in [6.45, 7) is 8.50. The molecular weight excluding hydrogens is 162 g/mol. The van der Waals surface area contributed by atoms with Gasteiger partial charge in [-0.3, -0.25) is 4.79 Å². The molecule has 0 fully saturated rings. The predicted molar refractivity (Wildman–Crippen MR) is 56.3 cm³/mol. The zero-order valence-corrected chi connectivity index (χ0v) is 9.34. The molecule has 2 heteroatoms. The van der Waals surface area contributed by atoms with Crippen molar-refractivity contribution in [1.29, 1.82) is 0 Å². The van der Waals surface area contributed by atoms with E-state index in [-0.39, 0.29) is 0 Å². The average molecular weight is 184 g/mol. The zero-order chi connectivity index (χ0) is 10.3. The second-order valence-electron chi connectivity index (χ2n) is 3.44. The van der Waals surface area contributed by atoms with Gasteiger partial charge in [0.1, 0.15) is 0 Å². The Kier molecular flexibility index (Phi) is 6.65. The first-order chi connectivity index (χ1) is 6.24. The van der Waals surface area contributed by atoms with Gasteiger partial charge in [-0.15, -0.1) is 0 Å². The van der Waals surface area contributed by atoms with Gasteiger partial charge in [-0.1, -0.05) is 27.7 Å².